The van der Waals surface area contributed by atoms with Gasteiger partial charge in [-0.25, -0.2) is 9.78 Å². The molecule has 0 bridgehead atoms. The topological polar surface area (TPSA) is 127 Å². The number of methoxy groups -OCH3 is 1. The maximum atomic E-state index is 12.9. The maximum absolute atomic E-state index is 12.9. The smallest absolute Gasteiger partial charge is 0.422 e. The first-order chi connectivity index (χ1) is 16.5. The van der Waals surface area contributed by atoms with Gasteiger partial charge in [0, 0.05) is 30.5 Å². The van der Waals surface area contributed by atoms with Crippen LogP contribution in [0.4, 0.5) is 18.0 Å². The van der Waals surface area contributed by atoms with Gasteiger partial charge in [0.25, 0.3) is 0 Å². The molecule has 0 atom stereocenters. The van der Waals surface area contributed by atoms with Crippen LogP contribution in [0.3, 0.4) is 0 Å². The molecule has 0 unspecified atom stereocenters. The van der Waals surface area contributed by atoms with Crippen molar-refractivity contribution >= 4 is 27.9 Å². The third-order valence-electron chi connectivity index (χ3n) is 4.19. The Kier molecular flexibility index (Phi) is 9.40. The second kappa shape index (κ2) is 11.5. The van der Waals surface area contributed by atoms with Gasteiger partial charge in [0.2, 0.25) is 5.88 Å². The number of carboxylic acid groups (broad SMARTS) is 1. The summed E-state index contributed by atoms with van der Waals surface area (Å²) in [7, 11) is -3.05. The number of pyridine rings is 1. The number of halogens is 4. The quantitative estimate of drug-likeness (QED) is 0.404. The Bertz CT molecular complexity index is 1190. The lowest BCUT2D eigenvalue weighted by Gasteiger charge is -2.26. The van der Waals surface area contributed by atoms with E-state index >= 15 is 0 Å². The standard InChI is InChI=1S/C21H25ClF3N3O7S/c1-20(2,3)27-36(31,32)28(19(29)30)12-13-5-6-15(34-8-7-33-4)10-17(13)35-18-16(22)9-14(11-26-18)21(23,24)25/h5-6,9-11,27H,7-8,12H2,1-4H3,(H,29,30). The van der Waals surface area contributed by atoms with Gasteiger partial charge in [-0.3, -0.25) is 0 Å². The molecule has 200 valence electrons. The van der Waals surface area contributed by atoms with Crippen molar-refractivity contribution < 1.29 is 45.7 Å². The Balaban J connectivity index is 2.48. The van der Waals surface area contributed by atoms with E-state index in [0.717, 1.165) is 0 Å². The average molecular weight is 556 g/mol. The van der Waals surface area contributed by atoms with Crippen LogP contribution in [0, 0.1) is 0 Å². The van der Waals surface area contributed by atoms with E-state index in [1.165, 1.54) is 46.1 Å². The number of hydrogen-bond acceptors (Lipinski definition) is 7. The number of carbonyl (C=O) groups is 1. The Hall–Kier alpha value is -2.81. The number of nitrogens with one attached hydrogen (secondary N) is 1. The zero-order chi connectivity index (χ0) is 27.3. The van der Waals surface area contributed by atoms with Crippen LogP contribution in [0.5, 0.6) is 17.4 Å². The first-order valence-electron chi connectivity index (χ1n) is 10.2. The minimum Gasteiger partial charge on any atom is -0.491 e. The van der Waals surface area contributed by atoms with Crippen molar-refractivity contribution in [3.63, 3.8) is 0 Å². The number of hydrogen-bond donors (Lipinski definition) is 2. The van der Waals surface area contributed by atoms with Gasteiger partial charge in [0.15, 0.2) is 0 Å². The van der Waals surface area contributed by atoms with Crippen molar-refractivity contribution in [2.45, 2.75) is 39.0 Å². The van der Waals surface area contributed by atoms with E-state index in [2.05, 4.69) is 9.71 Å². The minimum absolute atomic E-state index is 0.0357. The van der Waals surface area contributed by atoms with E-state index in [4.69, 9.17) is 25.8 Å². The van der Waals surface area contributed by atoms with Crippen LogP contribution in [0.2, 0.25) is 5.02 Å². The Morgan fingerprint density at radius 1 is 1.19 bits per heavy atom. The molecule has 0 aliphatic carbocycles. The average Bonchev–Trinajstić information content (AvgIpc) is 2.71. The van der Waals surface area contributed by atoms with Gasteiger partial charge in [0.1, 0.15) is 23.1 Å². The molecule has 1 amide bonds. The first kappa shape index (κ1) is 29.4. The van der Waals surface area contributed by atoms with Crippen molar-refractivity contribution in [3.8, 4) is 17.4 Å². The zero-order valence-electron chi connectivity index (χ0n) is 19.7. The predicted molar refractivity (Wildman–Crippen MR) is 124 cm³/mol. The molecule has 2 N–H and O–H groups in total. The number of ether oxygens (including phenoxy) is 3. The van der Waals surface area contributed by atoms with Crippen LogP contribution >= 0.6 is 11.6 Å². The molecule has 0 spiro atoms. The fraction of sp³-hybridized carbons (Fsp3) is 0.429. The van der Waals surface area contributed by atoms with Gasteiger partial charge < -0.3 is 19.3 Å². The summed E-state index contributed by atoms with van der Waals surface area (Å²) in [6.45, 7) is 4.27. The van der Waals surface area contributed by atoms with Gasteiger partial charge >= 0.3 is 22.5 Å². The number of nitrogens with zero attached hydrogens (tertiary/aromatic N) is 2. The number of aromatic nitrogens is 1. The first-order valence-corrected chi connectivity index (χ1v) is 12.0. The van der Waals surface area contributed by atoms with Crippen LogP contribution in [0.15, 0.2) is 30.5 Å². The highest BCUT2D eigenvalue weighted by Crippen LogP contribution is 2.37. The summed E-state index contributed by atoms with van der Waals surface area (Å²) in [6, 6.07) is 4.69. The number of rotatable bonds is 10. The summed E-state index contributed by atoms with van der Waals surface area (Å²) < 4.78 is 82.6. The van der Waals surface area contributed by atoms with Crippen LogP contribution in [0.1, 0.15) is 31.9 Å². The number of alkyl halides is 3. The molecule has 2 rings (SSSR count). The van der Waals surface area contributed by atoms with Crippen LogP contribution in [-0.2, 0) is 27.7 Å². The largest absolute Gasteiger partial charge is 0.491 e. The Labute approximate surface area is 211 Å². The molecule has 36 heavy (non-hydrogen) atoms. The molecule has 0 radical (unpaired) electrons. The van der Waals surface area contributed by atoms with E-state index in [0.29, 0.717) is 12.3 Å². The van der Waals surface area contributed by atoms with E-state index in [1.807, 2.05) is 0 Å². The third-order valence-corrected chi connectivity index (χ3v) is 6.20. The van der Waals surface area contributed by atoms with Crippen LogP contribution in [-0.4, -0.2) is 54.8 Å². The molecule has 15 heteroatoms. The summed E-state index contributed by atoms with van der Waals surface area (Å²) in [6.07, 6.45) is -5.95. The second-order valence-corrected chi connectivity index (χ2v) is 10.4. The zero-order valence-corrected chi connectivity index (χ0v) is 21.3. The fourth-order valence-corrected chi connectivity index (χ4v) is 4.31. The molecule has 1 heterocycles. The van der Waals surface area contributed by atoms with Crippen molar-refractivity contribution in [3.05, 3.63) is 46.6 Å². The van der Waals surface area contributed by atoms with Gasteiger partial charge in [-0.15, -0.1) is 0 Å². The Morgan fingerprint density at radius 2 is 1.86 bits per heavy atom. The highest BCUT2D eigenvalue weighted by Gasteiger charge is 2.33. The summed E-state index contributed by atoms with van der Waals surface area (Å²) in [5.41, 5.74) is -2.05. The molecule has 0 fully saturated rings. The number of benzene rings is 1. The lowest BCUT2D eigenvalue weighted by molar-refractivity contribution is -0.137. The monoisotopic (exact) mass is 555 g/mol. The number of amides is 1. The molecule has 0 aliphatic rings. The summed E-state index contributed by atoms with van der Waals surface area (Å²) >= 11 is 5.94. The molecule has 1 aromatic heterocycles. The van der Waals surface area contributed by atoms with Gasteiger partial charge in [-0.2, -0.15) is 30.6 Å². The molecule has 1 aromatic carbocycles. The van der Waals surface area contributed by atoms with Crippen molar-refractivity contribution in [2.24, 2.45) is 0 Å². The molecule has 0 saturated heterocycles. The maximum Gasteiger partial charge on any atom is 0.422 e. The van der Waals surface area contributed by atoms with Crippen molar-refractivity contribution in [1.29, 1.82) is 0 Å². The molecular weight excluding hydrogens is 531 g/mol. The van der Waals surface area contributed by atoms with Crippen molar-refractivity contribution in [2.75, 3.05) is 20.3 Å². The van der Waals surface area contributed by atoms with Crippen molar-refractivity contribution in [1.82, 2.24) is 14.0 Å². The lowest BCUT2D eigenvalue weighted by Crippen LogP contribution is -2.50. The predicted octanol–water partition coefficient (Wildman–Crippen LogP) is 4.68. The van der Waals surface area contributed by atoms with Gasteiger partial charge in [-0.1, -0.05) is 11.6 Å². The highest BCUT2D eigenvalue weighted by molar-refractivity contribution is 7.87. The van der Waals surface area contributed by atoms with Crippen LogP contribution < -0.4 is 14.2 Å². The molecule has 0 saturated carbocycles. The van der Waals surface area contributed by atoms with E-state index in [9.17, 15) is 31.5 Å². The third kappa shape index (κ3) is 8.40. The lowest BCUT2D eigenvalue weighted by atomic mass is 10.1. The van der Waals surface area contributed by atoms with E-state index < -0.39 is 51.0 Å². The highest BCUT2D eigenvalue weighted by atomic mass is 35.5. The Morgan fingerprint density at radius 3 is 2.39 bits per heavy atom. The molecule has 0 aliphatic heterocycles. The molecule has 10 nitrogen and oxygen atoms in total. The molecular formula is C21H25ClF3N3O7S. The summed E-state index contributed by atoms with van der Waals surface area (Å²) in [5.74, 6) is -0.333. The SMILES string of the molecule is COCCOc1ccc(CN(C(=O)O)S(=O)(=O)NC(C)(C)C)c(Oc2ncc(C(F)(F)F)cc2Cl)c1. The van der Waals surface area contributed by atoms with E-state index in [-0.39, 0.29) is 34.6 Å². The van der Waals surface area contributed by atoms with E-state index in [1.54, 1.807) is 0 Å². The minimum atomic E-state index is -4.69. The molecule has 2 aromatic rings. The normalized spacial score (nSPS) is 12.3. The van der Waals surface area contributed by atoms with Crippen LogP contribution in [0.25, 0.3) is 0 Å². The fourth-order valence-electron chi connectivity index (χ4n) is 2.70. The van der Waals surface area contributed by atoms with Gasteiger partial charge in [-0.05, 0) is 39.0 Å². The van der Waals surface area contributed by atoms with Gasteiger partial charge in [0.05, 0.1) is 18.7 Å². The second-order valence-electron chi connectivity index (χ2n) is 8.37. The summed E-state index contributed by atoms with van der Waals surface area (Å²) in [5, 5.41) is 9.11. The summed E-state index contributed by atoms with van der Waals surface area (Å²) in [4.78, 5) is 15.4.